The molecule has 0 atom stereocenters. The summed E-state index contributed by atoms with van der Waals surface area (Å²) < 4.78 is 20.5. The topological polar surface area (TPSA) is 83.1 Å². The summed E-state index contributed by atoms with van der Waals surface area (Å²) in [6.45, 7) is 0.0978. The van der Waals surface area contributed by atoms with Crippen LogP contribution in [0.1, 0.15) is 11.1 Å². The number of amides is 1. The molecule has 0 bridgehead atoms. The smallest absolute Gasteiger partial charge is 0.331 e. The lowest BCUT2D eigenvalue weighted by molar-refractivity contribution is -0.143. The van der Waals surface area contributed by atoms with E-state index in [2.05, 4.69) is 5.32 Å². The van der Waals surface area contributed by atoms with Gasteiger partial charge in [0.25, 0.3) is 5.91 Å². The van der Waals surface area contributed by atoms with E-state index in [-0.39, 0.29) is 12.5 Å². The Labute approximate surface area is 170 Å². The van der Waals surface area contributed by atoms with Gasteiger partial charge in [0.1, 0.15) is 17.2 Å². The summed E-state index contributed by atoms with van der Waals surface area (Å²) in [5.74, 6) is 1.02. The van der Waals surface area contributed by atoms with E-state index < -0.39 is 5.97 Å². The van der Waals surface area contributed by atoms with Crippen molar-refractivity contribution in [1.29, 1.82) is 0 Å². The van der Waals surface area contributed by atoms with Crippen LogP contribution in [-0.4, -0.2) is 46.4 Å². The van der Waals surface area contributed by atoms with E-state index in [1.165, 1.54) is 13.2 Å². The number of nitrogens with one attached hydrogen (secondary N) is 1. The van der Waals surface area contributed by atoms with Crippen molar-refractivity contribution >= 4 is 18.0 Å². The van der Waals surface area contributed by atoms with Crippen LogP contribution in [0.2, 0.25) is 0 Å². The summed E-state index contributed by atoms with van der Waals surface area (Å²) in [5, 5.41) is 2.71. The number of carbonyl (C=O) groups excluding carboxylic acids is 2. The third kappa shape index (κ3) is 7.21. The molecule has 7 heteroatoms. The van der Waals surface area contributed by atoms with E-state index in [4.69, 9.17) is 18.9 Å². The molecule has 0 radical (unpaired) electrons. The minimum atomic E-state index is -0.625. The number of ether oxygens (including phenoxy) is 4. The van der Waals surface area contributed by atoms with Gasteiger partial charge in [0.15, 0.2) is 6.61 Å². The first-order chi connectivity index (χ1) is 14.0. The molecule has 2 aromatic rings. The first-order valence-corrected chi connectivity index (χ1v) is 9.02. The van der Waals surface area contributed by atoms with E-state index in [1.54, 1.807) is 38.5 Å². The Morgan fingerprint density at radius 1 is 0.931 bits per heavy atom. The second-order valence-corrected chi connectivity index (χ2v) is 6.00. The number of methoxy groups -OCH3 is 3. The number of hydrogen-bond donors (Lipinski definition) is 1. The van der Waals surface area contributed by atoms with Gasteiger partial charge in [-0.25, -0.2) is 4.79 Å². The average Bonchev–Trinajstić information content (AvgIpc) is 2.76. The molecule has 0 unspecified atom stereocenters. The van der Waals surface area contributed by atoms with Crippen LogP contribution in [0.25, 0.3) is 6.08 Å². The molecule has 0 fully saturated rings. The number of benzene rings is 2. The zero-order valence-corrected chi connectivity index (χ0v) is 16.8. The minimum Gasteiger partial charge on any atom is -0.497 e. The molecule has 1 amide bonds. The first kappa shape index (κ1) is 21.8. The van der Waals surface area contributed by atoms with Crippen LogP contribution in [0.5, 0.6) is 17.2 Å². The summed E-state index contributed by atoms with van der Waals surface area (Å²) in [4.78, 5) is 23.7. The van der Waals surface area contributed by atoms with Crippen LogP contribution < -0.4 is 19.5 Å². The minimum absolute atomic E-state index is 0.346. The Bertz CT molecular complexity index is 845. The lowest BCUT2D eigenvalue weighted by atomic mass is 10.1. The van der Waals surface area contributed by atoms with Crippen LogP contribution in [-0.2, 0) is 20.7 Å². The molecule has 0 aliphatic heterocycles. The fourth-order valence-corrected chi connectivity index (χ4v) is 2.50. The van der Waals surface area contributed by atoms with Gasteiger partial charge in [-0.3, -0.25) is 4.79 Å². The molecular formula is C22H25NO6. The molecule has 1 N–H and O–H groups in total. The van der Waals surface area contributed by atoms with Crippen LogP contribution >= 0.6 is 0 Å². The normalized spacial score (nSPS) is 10.4. The van der Waals surface area contributed by atoms with E-state index in [0.717, 1.165) is 11.3 Å². The summed E-state index contributed by atoms with van der Waals surface area (Å²) in [6.07, 6.45) is 3.45. The highest BCUT2D eigenvalue weighted by Crippen LogP contribution is 2.25. The van der Waals surface area contributed by atoms with Crippen molar-refractivity contribution in [2.75, 3.05) is 34.5 Å². The van der Waals surface area contributed by atoms with Crippen LogP contribution in [0, 0.1) is 0 Å². The second kappa shape index (κ2) is 11.4. The maximum atomic E-state index is 11.9. The number of hydrogen-bond acceptors (Lipinski definition) is 6. The van der Waals surface area contributed by atoms with Gasteiger partial charge in [-0.05, 0) is 48.4 Å². The van der Waals surface area contributed by atoms with Crippen molar-refractivity contribution in [2.24, 2.45) is 0 Å². The predicted octanol–water partition coefficient (Wildman–Crippen LogP) is 2.63. The van der Waals surface area contributed by atoms with Gasteiger partial charge in [0.05, 0.1) is 21.3 Å². The maximum absolute atomic E-state index is 11.9. The predicted molar refractivity (Wildman–Crippen MR) is 109 cm³/mol. The summed E-state index contributed by atoms with van der Waals surface area (Å²) in [6, 6.07) is 12.8. The molecule has 0 heterocycles. The Hall–Kier alpha value is -3.48. The van der Waals surface area contributed by atoms with Crippen molar-refractivity contribution in [1.82, 2.24) is 5.32 Å². The maximum Gasteiger partial charge on any atom is 0.331 e. The molecule has 2 aromatic carbocycles. The highest BCUT2D eigenvalue weighted by molar-refractivity contribution is 5.89. The molecule has 0 saturated heterocycles. The Balaban J connectivity index is 1.75. The standard InChI is InChI=1S/C22H25NO6/c1-26-18-7-4-16(5-8-18)12-13-23-21(24)15-29-22(25)11-6-17-14-19(27-2)9-10-20(17)28-3/h4-11,14H,12-13,15H2,1-3H3,(H,23,24)/b11-6+. The van der Waals surface area contributed by atoms with Crippen LogP contribution in [0.4, 0.5) is 0 Å². The molecule has 7 nitrogen and oxygen atoms in total. The quantitative estimate of drug-likeness (QED) is 0.489. The van der Waals surface area contributed by atoms with E-state index in [0.29, 0.717) is 30.0 Å². The van der Waals surface area contributed by atoms with Gasteiger partial charge in [-0.1, -0.05) is 12.1 Å². The zero-order valence-electron chi connectivity index (χ0n) is 16.8. The van der Waals surface area contributed by atoms with Crippen molar-refractivity contribution < 1.29 is 28.5 Å². The van der Waals surface area contributed by atoms with E-state index in [9.17, 15) is 9.59 Å². The molecule has 0 aromatic heterocycles. The second-order valence-electron chi connectivity index (χ2n) is 6.00. The Kier molecular flexibility index (Phi) is 8.56. The largest absolute Gasteiger partial charge is 0.497 e. The van der Waals surface area contributed by atoms with Gasteiger partial charge in [-0.15, -0.1) is 0 Å². The fourth-order valence-electron chi connectivity index (χ4n) is 2.50. The monoisotopic (exact) mass is 399 g/mol. The lowest BCUT2D eigenvalue weighted by Gasteiger charge is -2.07. The number of rotatable bonds is 10. The van der Waals surface area contributed by atoms with Crippen LogP contribution in [0.3, 0.4) is 0 Å². The average molecular weight is 399 g/mol. The van der Waals surface area contributed by atoms with Gasteiger partial charge in [-0.2, -0.15) is 0 Å². The van der Waals surface area contributed by atoms with Crippen molar-refractivity contribution in [2.45, 2.75) is 6.42 Å². The highest BCUT2D eigenvalue weighted by atomic mass is 16.5. The van der Waals surface area contributed by atoms with Crippen molar-refractivity contribution in [3.8, 4) is 17.2 Å². The molecule has 0 aliphatic rings. The summed E-state index contributed by atoms with van der Waals surface area (Å²) in [5.41, 5.74) is 1.73. The molecule has 154 valence electrons. The zero-order chi connectivity index (χ0) is 21.1. The fraction of sp³-hybridized carbons (Fsp3) is 0.273. The van der Waals surface area contributed by atoms with E-state index >= 15 is 0 Å². The third-order valence-corrected chi connectivity index (χ3v) is 4.08. The molecule has 29 heavy (non-hydrogen) atoms. The molecule has 0 aliphatic carbocycles. The van der Waals surface area contributed by atoms with E-state index in [1.807, 2.05) is 24.3 Å². The summed E-state index contributed by atoms with van der Waals surface area (Å²) in [7, 11) is 4.70. The lowest BCUT2D eigenvalue weighted by Crippen LogP contribution is -2.30. The first-order valence-electron chi connectivity index (χ1n) is 9.02. The Morgan fingerprint density at radius 3 is 2.28 bits per heavy atom. The number of carbonyl (C=O) groups is 2. The van der Waals surface area contributed by atoms with Crippen molar-refractivity contribution in [3.63, 3.8) is 0 Å². The van der Waals surface area contributed by atoms with Gasteiger partial charge < -0.3 is 24.3 Å². The summed E-state index contributed by atoms with van der Waals surface area (Å²) >= 11 is 0. The van der Waals surface area contributed by atoms with Gasteiger partial charge in [0.2, 0.25) is 0 Å². The Morgan fingerprint density at radius 2 is 1.62 bits per heavy atom. The molecule has 0 saturated carbocycles. The van der Waals surface area contributed by atoms with Gasteiger partial charge >= 0.3 is 5.97 Å². The van der Waals surface area contributed by atoms with Crippen molar-refractivity contribution in [3.05, 3.63) is 59.7 Å². The number of esters is 1. The molecule has 0 spiro atoms. The molecular weight excluding hydrogens is 374 g/mol. The van der Waals surface area contributed by atoms with Crippen LogP contribution in [0.15, 0.2) is 48.5 Å². The third-order valence-electron chi connectivity index (χ3n) is 4.08. The SMILES string of the molecule is COc1ccc(CCNC(=O)COC(=O)/C=C/c2cc(OC)ccc2OC)cc1. The molecule has 2 rings (SSSR count). The van der Waals surface area contributed by atoms with Gasteiger partial charge in [0, 0.05) is 18.2 Å². The highest BCUT2D eigenvalue weighted by Gasteiger charge is 2.06.